The van der Waals surface area contributed by atoms with Crippen LogP contribution in [0.15, 0.2) is 54.6 Å². The van der Waals surface area contributed by atoms with Crippen molar-refractivity contribution < 1.29 is 19.4 Å². The summed E-state index contributed by atoms with van der Waals surface area (Å²) < 4.78 is 5.71. The molecule has 0 aliphatic carbocycles. The lowest BCUT2D eigenvalue weighted by atomic mass is 10.0. The number of likely N-dealkylation sites (N-methyl/N-ethyl adjacent to an activating group) is 1. The van der Waals surface area contributed by atoms with Gasteiger partial charge >= 0.3 is 5.97 Å². The van der Waals surface area contributed by atoms with Gasteiger partial charge in [0.15, 0.2) is 6.61 Å². The Hall–Kier alpha value is -2.82. The topological polar surface area (TPSA) is 66.8 Å². The lowest BCUT2D eigenvalue weighted by Crippen LogP contribution is -2.32. The number of nitrogens with zero attached hydrogens (tertiary/aromatic N) is 1. The first-order valence-electron chi connectivity index (χ1n) is 8.26. The van der Waals surface area contributed by atoms with Crippen molar-refractivity contribution in [3.63, 3.8) is 0 Å². The van der Waals surface area contributed by atoms with Crippen LogP contribution in [0.25, 0.3) is 0 Å². The van der Waals surface area contributed by atoms with Crippen LogP contribution in [0.1, 0.15) is 24.0 Å². The zero-order valence-electron chi connectivity index (χ0n) is 14.4. The summed E-state index contributed by atoms with van der Waals surface area (Å²) in [6.07, 6.45) is 1.22. The molecule has 0 aliphatic heterocycles. The molecule has 1 amide bonds. The number of amides is 1. The van der Waals surface area contributed by atoms with Crippen molar-refractivity contribution in [1.82, 2.24) is 4.90 Å². The monoisotopic (exact) mass is 341 g/mol. The van der Waals surface area contributed by atoms with Crippen molar-refractivity contribution in [2.75, 3.05) is 20.2 Å². The molecule has 2 rings (SSSR count). The molecule has 0 radical (unpaired) electrons. The van der Waals surface area contributed by atoms with Crippen molar-refractivity contribution in [1.29, 1.82) is 0 Å². The summed E-state index contributed by atoms with van der Waals surface area (Å²) in [5, 5.41) is 8.64. The van der Waals surface area contributed by atoms with E-state index in [-0.39, 0.29) is 18.9 Å². The number of carboxylic acid groups (broad SMARTS) is 1. The van der Waals surface area contributed by atoms with E-state index in [1.807, 2.05) is 42.5 Å². The minimum absolute atomic E-state index is 0.0540. The Labute approximate surface area is 147 Å². The molecule has 0 aliphatic rings. The Morgan fingerprint density at radius 3 is 2.44 bits per heavy atom. The van der Waals surface area contributed by atoms with Crippen molar-refractivity contribution >= 4 is 11.9 Å². The van der Waals surface area contributed by atoms with Gasteiger partial charge in [0.1, 0.15) is 5.75 Å². The largest absolute Gasteiger partial charge is 0.483 e. The van der Waals surface area contributed by atoms with Crippen molar-refractivity contribution in [3.05, 3.63) is 65.7 Å². The molecule has 2 aromatic rings. The zero-order chi connectivity index (χ0) is 18.1. The summed E-state index contributed by atoms with van der Waals surface area (Å²) in [5.74, 6) is -0.328. The summed E-state index contributed by atoms with van der Waals surface area (Å²) in [6.45, 7) is 0.343. The maximum atomic E-state index is 12.1. The molecule has 2 aromatic carbocycles. The van der Waals surface area contributed by atoms with E-state index >= 15 is 0 Å². The average Bonchev–Trinajstić information content (AvgIpc) is 2.61. The standard InChI is InChI=1S/C20H23NO4/c1-21(13-7-12-20(23)24)19(22)15-25-18-11-6-5-10-17(18)14-16-8-3-2-4-9-16/h2-6,8-11H,7,12-15H2,1H3,(H,23,24). The van der Waals surface area contributed by atoms with Crippen LogP contribution in [-0.4, -0.2) is 42.1 Å². The molecule has 0 atom stereocenters. The van der Waals surface area contributed by atoms with Crippen LogP contribution in [0.2, 0.25) is 0 Å². The third-order valence-corrected chi connectivity index (χ3v) is 3.87. The molecule has 5 heteroatoms. The molecule has 1 N–H and O–H groups in total. The van der Waals surface area contributed by atoms with E-state index in [1.54, 1.807) is 7.05 Å². The van der Waals surface area contributed by atoms with Crippen LogP contribution in [0.3, 0.4) is 0 Å². The first-order chi connectivity index (χ1) is 12.1. The van der Waals surface area contributed by atoms with E-state index in [1.165, 1.54) is 10.5 Å². The van der Waals surface area contributed by atoms with Gasteiger partial charge in [-0.05, 0) is 23.6 Å². The Kier molecular flexibility index (Phi) is 7.01. The molecule has 132 valence electrons. The summed E-state index contributed by atoms with van der Waals surface area (Å²) >= 11 is 0. The maximum absolute atomic E-state index is 12.1. The highest BCUT2D eigenvalue weighted by molar-refractivity contribution is 5.77. The van der Waals surface area contributed by atoms with Crippen molar-refractivity contribution in [2.45, 2.75) is 19.3 Å². The number of aliphatic carboxylic acids is 1. The number of ether oxygens (including phenoxy) is 1. The summed E-state index contributed by atoms with van der Waals surface area (Å²) in [5.41, 5.74) is 2.20. The third kappa shape index (κ3) is 6.30. The predicted molar refractivity (Wildman–Crippen MR) is 95.7 cm³/mol. The quantitative estimate of drug-likeness (QED) is 0.761. The Morgan fingerprint density at radius 2 is 1.72 bits per heavy atom. The van der Waals surface area contributed by atoms with Gasteiger partial charge in [-0.1, -0.05) is 48.5 Å². The number of para-hydroxylation sites is 1. The third-order valence-electron chi connectivity index (χ3n) is 3.87. The molecule has 0 fully saturated rings. The predicted octanol–water partition coefficient (Wildman–Crippen LogP) is 2.98. The first kappa shape index (κ1) is 18.5. The zero-order valence-corrected chi connectivity index (χ0v) is 14.4. The Bertz CT molecular complexity index is 700. The van der Waals surface area contributed by atoms with Crippen LogP contribution in [0, 0.1) is 0 Å². The second-order valence-corrected chi connectivity index (χ2v) is 5.87. The molecule has 0 heterocycles. The normalized spacial score (nSPS) is 10.3. The lowest BCUT2D eigenvalue weighted by molar-refractivity contribution is -0.138. The molecule has 0 saturated heterocycles. The minimum atomic E-state index is -0.855. The van der Waals surface area contributed by atoms with Crippen LogP contribution < -0.4 is 4.74 Å². The van der Waals surface area contributed by atoms with Crippen LogP contribution >= 0.6 is 0 Å². The van der Waals surface area contributed by atoms with Gasteiger partial charge in [0, 0.05) is 26.4 Å². The van der Waals surface area contributed by atoms with Gasteiger partial charge in [0.05, 0.1) is 0 Å². The van der Waals surface area contributed by atoms with Gasteiger partial charge in [-0.3, -0.25) is 9.59 Å². The van der Waals surface area contributed by atoms with Gasteiger partial charge in [-0.15, -0.1) is 0 Å². The van der Waals surface area contributed by atoms with Gasteiger partial charge in [0.25, 0.3) is 5.91 Å². The van der Waals surface area contributed by atoms with E-state index in [4.69, 9.17) is 9.84 Å². The summed E-state index contributed by atoms with van der Waals surface area (Å²) in [7, 11) is 1.66. The van der Waals surface area contributed by atoms with E-state index in [9.17, 15) is 9.59 Å². The second-order valence-electron chi connectivity index (χ2n) is 5.87. The van der Waals surface area contributed by atoms with Crippen molar-refractivity contribution in [3.8, 4) is 5.75 Å². The van der Waals surface area contributed by atoms with Gasteiger partial charge in [0.2, 0.25) is 0 Å². The van der Waals surface area contributed by atoms with Crippen molar-refractivity contribution in [2.24, 2.45) is 0 Å². The molecule has 0 spiro atoms. The Morgan fingerprint density at radius 1 is 1.04 bits per heavy atom. The van der Waals surface area contributed by atoms with E-state index in [0.29, 0.717) is 18.7 Å². The van der Waals surface area contributed by atoms with Crippen LogP contribution in [0.5, 0.6) is 5.75 Å². The lowest BCUT2D eigenvalue weighted by Gasteiger charge is -2.18. The minimum Gasteiger partial charge on any atom is -0.483 e. The average molecular weight is 341 g/mol. The number of rotatable bonds is 9. The number of hydrogen-bond donors (Lipinski definition) is 1. The molecule has 5 nitrogen and oxygen atoms in total. The molecular formula is C20H23NO4. The number of carboxylic acids is 1. The highest BCUT2D eigenvalue weighted by Crippen LogP contribution is 2.21. The van der Waals surface area contributed by atoms with E-state index in [0.717, 1.165) is 12.0 Å². The number of benzene rings is 2. The van der Waals surface area contributed by atoms with Gasteiger partial charge in [-0.25, -0.2) is 0 Å². The summed E-state index contributed by atoms with van der Waals surface area (Å²) in [4.78, 5) is 24.1. The SMILES string of the molecule is CN(CCCC(=O)O)C(=O)COc1ccccc1Cc1ccccc1. The maximum Gasteiger partial charge on any atom is 0.303 e. The van der Waals surface area contributed by atoms with E-state index in [2.05, 4.69) is 12.1 Å². The summed E-state index contributed by atoms with van der Waals surface area (Å²) in [6, 6.07) is 17.7. The van der Waals surface area contributed by atoms with Gasteiger partial charge < -0.3 is 14.7 Å². The fourth-order valence-electron chi connectivity index (χ4n) is 2.45. The fourth-order valence-corrected chi connectivity index (χ4v) is 2.45. The van der Waals surface area contributed by atoms with Gasteiger partial charge in [-0.2, -0.15) is 0 Å². The van der Waals surface area contributed by atoms with Crippen LogP contribution in [0.4, 0.5) is 0 Å². The fraction of sp³-hybridized carbons (Fsp3) is 0.300. The highest BCUT2D eigenvalue weighted by atomic mass is 16.5. The molecule has 25 heavy (non-hydrogen) atoms. The molecular weight excluding hydrogens is 318 g/mol. The van der Waals surface area contributed by atoms with E-state index < -0.39 is 5.97 Å². The molecule has 0 aromatic heterocycles. The first-order valence-corrected chi connectivity index (χ1v) is 8.26. The number of carbonyl (C=O) groups is 2. The molecule has 0 unspecified atom stereocenters. The Balaban J connectivity index is 1.90. The smallest absolute Gasteiger partial charge is 0.303 e. The number of hydrogen-bond acceptors (Lipinski definition) is 3. The molecule has 0 bridgehead atoms. The number of carbonyl (C=O) groups excluding carboxylic acids is 1. The molecule has 0 saturated carbocycles. The second kappa shape index (κ2) is 9.47. The van der Waals surface area contributed by atoms with Crippen LogP contribution in [-0.2, 0) is 16.0 Å². The highest BCUT2D eigenvalue weighted by Gasteiger charge is 2.12.